The number of piperidine rings is 1. The molecule has 0 saturated carbocycles. The number of hydrogen-bond acceptors (Lipinski definition) is 10. The number of piperazine rings is 1. The van der Waals surface area contributed by atoms with Crippen molar-refractivity contribution in [3.8, 4) is 11.5 Å². The Kier molecular flexibility index (Phi) is 11.1. The van der Waals surface area contributed by atoms with Gasteiger partial charge in [0.05, 0.1) is 12.8 Å². The number of aromatic nitrogens is 2. The van der Waals surface area contributed by atoms with Gasteiger partial charge in [-0.3, -0.25) is 34.3 Å². The maximum absolute atomic E-state index is 13.2. The van der Waals surface area contributed by atoms with E-state index in [1.807, 2.05) is 30.3 Å². The highest BCUT2D eigenvalue weighted by Crippen LogP contribution is 2.36. The summed E-state index contributed by atoms with van der Waals surface area (Å²) in [5, 5.41) is 12.1. The Morgan fingerprint density at radius 1 is 0.815 bits per heavy atom. The average Bonchev–Trinajstić information content (AvgIpc) is 3.44. The summed E-state index contributed by atoms with van der Waals surface area (Å²) < 4.78 is 6.12. The molecule has 4 aromatic rings. The minimum Gasteiger partial charge on any atom is -0.508 e. The number of aromatic hydroxyl groups is 1. The van der Waals surface area contributed by atoms with Gasteiger partial charge in [0.2, 0.25) is 11.8 Å². The number of hydrogen-bond donors (Lipinski definition) is 2. The third-order valence-electron chi connectivity index (χ3n) is 10.3. The molecule has 4 amide bonds. The van der Waals surface area contributed by atoms with Gasteiger partial charge in [0.1, 0.15) is 23.4 Å². The van der Waals surface area contributed by atoms with E-state index in [1.165, 1.54) is 17.3 Å². The molecule has 0 bridgehead atoms. The lowest BCUT2D eigenvalue weighted by molar-refractivity contribution is -0.136. The number of carbonyl (C=O) groups excluding carboxylic acids is 4. The lowest BCUT2D eigenvalue weighted by Crippen LogP contribution is -2.54. The Hall–Kier alpha value is -5.88. The molecule has 54 heavy (non-hydrogen) atoms. The van der Waals surface area contributed by atoms with Crippen LogP contribution >= 0.6 is 0 Å². The number of phenolic OH excluding ortho intramolecular Hbond substituents is 1. The SMILES string of the molecule is CCC(=C(c1ccc(O)cc1)c1ccc(OCCCCCN2CCN(c3cnc4c(n3)C(=O)N(C3CCC(=O)NC3=O)C4=O)CC2)cc1)c1ccccc1. The number of fused-ring (bicyclic) bond motifs is 1. The first-order valence-corrected chi connectivity index (χ1v) is 18.7. The van der Waals surface area contributed by atoms with Crippen LogP contribution in [0.1, 0.15) is 83.1 Å². The fraction of sp³-hybridized carbons (Fsp3) is 0.333. The van der Waals surface area contributed by atoms with Crippen LogP contribution in [0.5, 0.6) is 11.5 Å². The second kappa shape index (κ2) is 16.4. The first-order valence-electron chi connectivity index (χ1n) is 18.7. The minimum absolute atomic E-state index is 0.0489. The van der Waals surface area contributed by atoms with Crippen molar-refractivity contribution in [3.05, 3.63) is 113 Å². The van der Waals surface area contributed by atoms with Gasteiger partial charge in [0.25, 0.3) is 11.8 Å². The van der Waals surface area contributed by atoms with Crippen LogP contribution in [-0.4, -0.2) is 93.9 Å². The quantitative estimate of drug-likeness (QED) is 0.105. The van der Waals surface area contributed by atoms with E-state index < -0.39 is 29.7 Å². The molecule has 7 rings (SSSR count). The van der Waals surface area contributed by atoms with E-state index in [-0.39, 0.29) is 30.0 Å². The molecule has 1 aromatic heterocycles. The summed E-state index contributed by atoms with van der Waals surface area (Å²) >= 11 is 0. The monoisotopic (exact) mass is 728 g/mol. The molecule has 3 aliphatic rings. The van der Waals surface area contributed by atoms with Gasteiger partial charge in [0, 0.05) is 32.6 Å². The van der Waals surface area contributed by atoms with E-state index in [0.29, 0.717) is 25.5 Å². The van der Waals surface area contributed by atoms with E-state index >= 15 is 0 Å². The second-order valence-electron chi connectivity index (χ2n) is 13.8. The Bertz CT molecular complexity index is 2040. The molecule has 2 N–H and O–H groups in total. The zero-order valence-electron chi connectivity index (χ0n) is 30.4. The van der Waals surface area contributed by atoms with Crippen molar-refractivity contribution < 1.29 is 29.0 Å². The predicted octanol–water partition coefficient (Wildman–Crippen LogP) is 5.32. The first-order chi connectivity index (χ1) is 26.3. The van der Waals surface area contributed by atoms with Gasteiger partial charge in [-0.05, 0) is 90.8 Å². The number of rotatable bonds is 13. The normalized spacial score (nSPS) is 18.1. The summed E-state index contributed by atoms with van der Waals surface area (Å²) in [6.45, 7) is 6.86. The smallest absolute Gasteiger partial charge is 0.282 e. The molecule has 1 unspecified atom stereocenters. The zero-order valence-corrected chi connectivity index (χ0v) is 30.4. The highest BCUT2D eigenvalue weighted by molar-refractivity contribution is 6.21. The summed E-state index contributed by atoms with van der Waals surface area (Å²) in [6, 6.07) is 25.0. The molecule has 2 fully saturated rings. The number of imide groups is 2. The van der Waals surface area contributed by atoms with Crippen molar-refractivity contribution in [1.29, 1.82) is 0 Å². The Morgan fingerprint density at radius 2 is 1.50 bits per heavy atom. The van der Waals surface area contributed by atoms with Crippen LogP contribution in [0.15, 0.2) is 85.1 Å². The van der Waals surface area contributed by atoms with Crippen molar-refractivity contribution in [2.24, 2.45) is 0 Å². The number of ether oxygens (including phenoxy) is 1. The second-order valence-corrected chi connectivity index (χ2v) is 13.8. The van der Waals surface area contributed by atoms with Crippen molar-refractivity contribution in [1.82, 2.24) is 25.1 Å². The number of allylic oxidation sites excluding steroid dienone is 1. The number of benzene rings is 3. The zero-order chi connectivity index (χ0) is 37.6. The van der Waals surface area contributed by atoms with Crippen molar-refractivity contribution in [2.45, 2.75) is 51.5 Å². The van der Waals surface area contributed by atoms with Crippen molar-refractivity contribution in [3.63, 3.8) is 0 Å². The molecule has 4 heterocycles. The van der Waals surface area contributed by atoms with Gasteiger partial charge in [-0.1, -0.05) is 61.5 Å². The molecule has 278 valence electrons. The Labute approximate surface area is 314 Å². The summed E-state index contributed by atoms with van der Waals surface area (Å²) in [6.07, 6.45) is 5.55. The molecule has 3 aliphatic heterocycles. The number of phenols is 1. The molecule has 12 heteroatoms. The highest BCUT2D eigenvalue weighted by Gasteiger charge is 2.46. The lowest BCUT2D eigenvalue weighted by Gasteiger charge is -2.35. The van der Waals surface area contributed by atoms with E-state index in [9.17, 15) is 24.3 Å². The van der Waals surface area contributed by atoms with Crippen LogP contribution in [0, 0.1) is 0 Å². The lowest BCUT2D eigenvalue weighted by atomic mass is 9.88. The molecule has 0 spiro atoms. The number of amides is 4. The summed E-state index contributed by atoms with van der Waals surface area (Å²) in [4.78, 5) is 64.2. The van der Waals surface area contributed by atoms with Crippen LogP contribution < -0.4 is 15.0 Å². The third kappa shape index (κ3) is 7.89. The third-order valence-corrected chi connectivity index (χ3v) is 10.3. The summed E-state index contributed by atoms with van der Waals surface area (Å²) in [5.41, 5.74) is 5.59. The molecule has 0 radical (unpaired) electrons. The molecule has 0 aliphatic carbocycles. The van der Waals surface area contributed by atoms with Gasteiger partial charge in [0.15, 0.2) is 11.4 Å². The van der Waals surface area contributed by atoms with Gasteiger partial charge in [-0.2, -0.15) is 0 Å². The molecule has 2 saturated heterocycles. The molecular formula is C42H44N6O6. The minimum atomic E-state index is -1.04. The number of carbonyl (C=O) groups is 4. The van der Waals surface area contributed by atoms with Gasteiger partial charge >= 0.3 is 0 Å². The number of unbranched alkanes of at least 4 members (excludes halogenated alkanes) is 2. The van der Waals surface area contributed by atoms with E-state index in [0.717, 1.165) is 72.7 Å². The fourth-order valence-corrected chi connectivity index (χ4v) is 7.40. The number of nitrogens with zero attached hydrogens (tertiary/aromatic N) is 5. The highest BCUT2D eigenvalue weighted by atomic mass is 16.5. The predicted molar refractivity (Wildman–Crippen MR) is 204 cm³/mol. The first kappa shape index (κ1) is 36.5. The van der Waals surface area contributed by atoms with Crippen LogP contribution in [0.25, 0.3) is 11.1 Å². The fourth-order valence-electron chi connectivity index (χ4n) is 7.40. The van der Waals surface area contributed by atoms with Gasteiger partial charge in [-0.15, -0.1) is 0 Å². The van der Waals surface area contributed by atoms with Crippen LogP contribution in [0.3, 0.4) is 0 Å². The Morgan fingerprint density at radius 3 is 2.19 bits per heavy atom. The van der Waals surface area contributed by atoms with Crippen LogP contribution in [-0.2, 0) is 9.59 Å². The molecule has 1 atom stereocenters. The van der Waals surface area contributed by atoms with Crippen LogP contribution in [0.4, 0.5) is 5.82 Å². The van der Waals surface area contributed by atoms with Crippen molar-refractivity contribution >= 4 is 40.6 Å². The average molecular weight is 729 g/mol. The number of nitrogens with one attached hydrogen (secondary N) is 1. The maximum Gasteiger partial charge on any atom is 0.282 e. The molecular weight excluding hydrogens is 684 g/mol. The molecule has 3 aromatic carbocycles. The summed E-state index contributed by atoms with van der Waals surface area (Å²) in [5.74, 6) is -0.781. The van der Waals surface area contributed by atoms with E-state index in [4.69, 9.17) is 4.74 Å². The topological polar surface area (TPSA) is 145 Å². The van der Waals surface area contributed by atoms with Gasteiger partial charge in [-0.25, -0.2) is 9.97 Å². The summed E-state index contributed by atoms with van der Waals surface area (Å²) in [7, 11) is 0. The van der Waals surface area contributed by atoms with E-state index in [1.54, 1.807) is 12.1 Å². The van der Waals surface area contributed by atoms with Gasteiger partial charge < -0.3 is 14.7 Å². The maximum atomic E-state index is 13.2. The molecule has 12 nitrogen and oxygen atoms in total. The van der Waals surface area contributed by atoms with E-state index in [2.05, 4.69) is 68.4 Å². The standard InChI is InChI=1S/C42H44N6O6/c1-2-33(28-9-5-3-6-10-28)37(29-11-15-31(49)16-12-29)30-13-17-32(18-14-30)54-26-8-4-7-21-46-22-24-47(25-23-46)35-27-43-38-39(44-35)42(53)48(41(38)52)34-19-20-36(50)45-40(34)51/h3,5-6,9-18,27,34,49H,2,4,7-8,19-26H2,1H3,(H,45,50,51). The largest absolute Gasteiger partial charge is 0.508 e. The number of anilines is 1. The Balaban J connectivity index is 0.863. The van der Waals surface area contributed by atoms with Crippen molar-refractivity contribution in [2.75, 3.05) is 44.2 Å². The van der Waals surface area contributed by atoms with Crippen LogP contribution in [0.2, 0.25) is 0 Å².